The van der Waals surface area contributed by atoms with Crippen LogP contribution >= 0.6 is 12.2 Å². The standard InChI is InChI=1S/C20H29N3O3S/c1-14(2)12-13-26-17-10-8-16(9-11-17)18(24)21-20(27)23-22-19(25)15-6-4-3-5-7-15/h8-11,14-15H,3-7,12-13H2,1-2H3,(H,22,25)(H2,21,23,24,27). The Bertz CT molecular complexity index is 640. The Kier molecular flexibility index (Phi) is 8.51. The minimum atomic E-state index is -0.340. The van der Waals surface area contributed by atoms with Crippen molar-refractivity contribution < 1.29 is 14.3 Å². The molecule has 1 fully saturated rings. The number of benzene rings is 1. The molecule has 0 bridgehead atoms. The Balaban J connectivity index is 1.73. The highest BCUT2D eigenvalue weighted by Gasteiger charge is 2.21. The van der Waals surface area contributed by atoms with Gasteiger partial charge in [0.05, 0.1) is 6.61 Å². The summed E-state index contributed by atoms with van der Waals surface area (Å²) < 4.78 is 5.64. The van der Waals surface area contributed by atoms with E-state index in [-0.39, 0.29) is 22.8 Å². The summed E-state index contributed by atoms with van der Waals surface area (Å²) in [6.07, 6.45) is 6.13. The topological polar surface area (TPSA) is 79.5 Å². The molecule has 27 heavy (non-hydrogen) atoms. The van der Waals surface area contributed by atoms with E-state index in [2.05, 4.69) is 30.0 Å². The number of rotatable bonds is 6. The summed E-state index contributed by atoms with van der Waals surface area (Å²) in [5.74, 6) is 0.921. The van der Waals surface area contributed by atoms with Crippen LogP contribution in [-0.4, -0.2) is 23.5 Å². The molecule has 0 unspecified atom stereocenters. The lowest BCUT2D eigenvalue weighted by Gasteiger charge is -2.21. The molecule has 2 amide bonds. The SMILES string of the molecule is CC(C)CCOc1ccc(C(=O)NC(=S)NNC(=O)C2CCCCC2)cc1. The lowest BCUT2D eigenvalue weighted by molar-refractivity contribution is -0.126. The van der Waals surface area contributed by atoms with E-state index in [4.69, 9.17) is 17.0 Å². The van der Waals surface area contributed by atoms with E-state index in [1.54, 1.807) is 24.3 Å². The molecule has 7 heteroatoms. The second-order valence-corrected chi connectivity index (χ2v) is 7.70. The van der Waals surface area contributed by atoms with E-state index in [0.29, 0.717) is 18.1 Å². The highest BCUT2D eigenvalue weighted by Crippen LogP contribution is 2.23. The lowest BCUT2D eigenvalue weighted by atomic mass is 9.89. The molecule has 1 aromatic carbocycles. The first-order valence-corrected chi connectivity index (χ1v) is 10.0. The smallest absolute Gasteiger partial charge is 0.257 e. The number of thiocarbonyl (C=S) groups is 1. The van der Waals surface area contributed by atoms with Crippen molar-refractivity contribution in [2.45, 2.75) is 52.4 Å². The third kappa shape index (κ3) is 7.54. The van der Waals surface area contributed by atoms with E-state index in [0.717, 1.165) is 37.9 Å². The summed E-state index contributed by atoms with van der Waals surface area (Å²) in [6.45, 7) is 4.94. The summed E-state index contributed by atoms with van der Waals surface area (Å²) in [5, 5.41) is 2.63. The van der Waals surface area contributed by atoms with Gasteiger partial charge in [0.25, 0.3) is 5.91 Å². The van der Waals surface area contributed by atoms with E-state index in [9.17, 15) is 9.59 Å². The fourth-order valence-electron chi connectivity index (χ4n) is 2.91. The van der Waals surface area contributed by atoms with Crippen molar-refractivity contribution in [3.63, 3.8) is 0 Å². The predicted octanol–water partition coefficient (Wildman–Crippen LogP) is 3.33. The maximum atomic E-state index is 12.2. The van der Waals surface area contributed by atoms with E-state index >= 15 is 0 Å². The van der Waals surface area contributed by atoms with Gasteiger partial charge in [0, 0.05) is 11.5 Å². The molecule has 0 radical (unpaired) electrons. The van der Waals surface area contributed by atoms with Gasteiger partial charge in [0.1, 0.15) is 5.75 Å². The maximum absolute atomic E-state index is 12.2. The molecule has 2 rings (SSSR count). The summed E-state index contributed by atoms with van der Waals surface area (Å²) in [4.78, 5) is 24.3. The van der Waals surface area contributed by atoms with Crippen LogP contribution in [0.3, 0.4) is 0 Å². The highest BCUT2D eigenvalue weighted by atomic mass is 32.1. The molecule has 1 saturated carbocycles. The second kappa shape index (κ2) is 10.9. The summed E-state index contributed by atoms with van der Waals surface area (Å²) in [7, 11) is 0. The number of nitrogens with one attached hydrogen (secondary N) is 3. The summed E-state index contributed by atoms with van der Waals surface area (Å²) >= 11 is 5.08. The van der Waals surface area contributed by atoms with Gasteiger partial charge in [-0.15, -0.1) is 0 Å². The Morgan fingerprint density at radius 1 is 1.11 bits per heavy atom. The highest BCUT2D eigenvalue weighted by molar-refractivity contribution is 7.80. The van der Waals surface area contributed by atoms with Crippen LogP contribution in [0.5, 0.6) is 5.75 Å². The number of amides is 2. The van der Waals surface area contributed by atoms with Gasteiger partial charge in [-0.3, -0.25) is 25.8 Å². The Morgan fingerprint density at radius 2 is 1.78 bits per heavy atom. The van der Waals surface area contributed by atoms with Crippen LogP contribution < -0.4 is 20.9 Å². The van der Waals surface area contributed by atoms with Gasteiger partial charge in [-0.25, -0.2) is 0 Å². The number of carbonyl (C=O) groups excluding carboxylic acids is 2. The molecule has 1 aliphatic rings. The van der Waals surface area contributed by atoms with Gasteiger partial charge in [-0.05, 0) is 61.7 Å². The van der Waals surface area contributed by atoms with Crippen molar-refractivity contribution in [2.24, 2.45) is 11.8 Å². The Morgan fingerprint density at radius 3 is 2.41 bits per heavy atom. The number of hydrazine groups is 1. The minimum absolute atomic E-state index is 0.0213. The normalized spacial score (nSPS) is 14.5. The molecule has 0 spiro atoms. The zero-order chi connectivity index (χ0) is 19.6. The molecule has 148 valence electrons. The Hall–Kier alpha value is -2.15. The molecule has 0 heterocycles. The van der Waals surface area contributed by atoms with Gasteiger partial charge in [-0.2, -0.15) is 0 Å². The van der Waals surface area contributed by atoms with Crippen molar-refractivity contribution in [2.75, 3.05) is 6.61 Å². The van der Waals surface area contributed by atoms with Crippen LogP contribution in [-0.2, 0) is 4.79 Å². The van der Waals surface area contributed by atoms with Crippen molar-refractivity contribution in [1.29, 1.82) is 0 Å². The van der Waals surface area contributed by atoms with Gasteiger partial charge >= 0.3 is 0 Å². The maximum Gasteiger partial charge on any atom is 0.257 e. The number of carbonyl (C=O) groups is 2. The van der Waals surface area contributed by atoms with Crippen LogP contribution in [0.15, 0.2) is 24.3 Å². The van der Waals surface area contributed by atoms with Crippen molar-refractivity contribution >= 4 is 29.1 Å². The predicted molar refractivity (Wildman–Crippen MR) is 109 cm³/mol. The largest absolute Gasteiger partial charge is 0.494 e. The third-order valence-electron chi connectivity index (χ3n) is 4.58. The van der Waals surface area contributed by atoms with Crippen molar-refractivity contribution in [3.05, 3.63) is 29.8 Å². The molecule has 0 atom stereocenters. The summed E-state index contributed by atoms with van der Waals surface area (Å²) in [5.41, 5.74) is 5.66. The van der Waals surface area contributed by atoms with Crippen LogP contribution in [0, 0.1) is 11.8 Å². The molecular weight excluding hydrogens is 362 g/mol. The first kappa shape index (κ1) is 21.2. The molecular formula is C20H29N3O3S. The Labute approximate surface area is 166 Å². The first-order chi connectivity index (χ1) is 13.0. The fourth-order valence-corrected chi connectivity index (χ4v) is 3.05. The first-order valence-electron chi connectivity index (χ1n) is 9.59. The number of hydrogen-bond donors (Lipinski definition) is 3. The minimum Gasteiger partial charge on any atom is -0.494 e. The number of ether oxygens (including phenoxy) is 1. The van der Waals surface area contributed by atoms with Crippen molar-refractivity contribution in [1.82, 2.24) is 16.2 Å². The van der Waals surface area contributed by atoms with Gasteiger partial charge in [-0.1, -0.05) is 33.1 Å². The van der Waals surface area contributed by atoms with Crippen LogP contribution in [0.4, 0.5) is 0 Å². The molecule has 6 nitrogen and oxygen atoms in total. The zero-order valence-corrected chi connectivity index (χ0v) is 16.9. The molecule has 0 saturated heterocycles. The van der Waals surface area contributed by atoms with E-state index in [1.807, 2.05) is 0 Å². The number of hydrogen-bond acceptors (Lipinski definition) is 4. The monoisotopic (exact) mass is 391 g/mol. The van der Waals surface area contributed by atoms with Gasteiger partial charge in [0.2, 0.25) is 5.91 Å². The molecule has 1 aromatic rings. The van der Waals surface area contributed by atoms with Gasteiger partial charge in [0.15, 0.2) is 5.11 Å². The van der Waals surface area contributed by atoms with E-state index < -0.39 is 0 Å². The third-order valence-corrected chi connectivity index (χ3v) is 4.79. The van der Waals surface area contributed by atoms with Crippen LogP contribution in [0.1, 0.15) is 62.7 Å². The van der Waals surface area contributed by atoms with E-state index in [1.165, 1.54) is 6.42 Å². The molecule has 0 aromatic heterocycles. The van der Waals surface area contributed by atoms with Gasteiger partial charge < -0.3 is 4.74 Å². The van der Waals surface area contributed by atoms with Crippen LogP contribution in [0.2, 0.25) is 0 Å². The zero-order valence-electron chi connectivity index (χ0n) is 16.0. The van der Waals surface area contributed by atoms with Crippen LogP contribution in [0.25, 0.3) is 0 Å². The van der Waals surface area contributed by atoms with Crippen molar-refractivity contribution in [3.8, 4) is 5.75 Å². The molecule has 1 aliphatic carbocycles. The quantitative estimate of drug-likeness (QED) is 0.512. The fraction of sp³-hybridized carbons (Fsp3) is 0.550. The lowest BCUT2D eigenvalue weighted by Crippen LogP contribution is -2.50. The molecule has 3 N–H and O–H groups in total. The average molecular weight is 392 g/mol. The summed E-state index contributed by atoms with van der Waals surface area (Å²) in [6, 6.07) is 6.89. The molecule has 0 aliphatic heterocycles. The average Bonchev–Trinajstić information content (AvgIpc) is 2.67. The second-order valence-electron chi connectivity index (χ2n) is 7.29.